The van der Waals surface area contributed by atoms with Gasteiger partial charge in [0.05, 0.1) is 8.07 Å². The molecule has 0 aromatic rings. The number of allylic oxidation sites excluding steroid dienone is 3. The second kappa shape index (κ2) is 7.48. The van der Waals surface area contributed by atoms with Gasteiger partial charge in [0.25, 0.3) is 0 Å². The van der Waals surface area contributed by atoms with Crippen LogP contribution in [0.1, 0.15) is 33.1 Å². The summed E-state index contributed by atoms with van der Waals surface area (Å²) in [6.45, 7) is 11.7. The molecule has 0 aromatic carbocycles. The van der Waals surface area contributed by atoms with Crippen molar-refractivity contribution in [1.82, 2.24) is 0 Å². The summed E-state index contributed by atoms with van der Waals surface area (Å²) in [6.07, 6.45) is 6.22. The predicted molar refractivity (Wildman–Crippen MR) is 91.7 cm³/mol. The van der Waals surface area contributed by atoms with Gasteiger partial charge < -0.3 is 0 Å². The molecule has 15 heavy (non-hydrogen) atoms. The molecule has 0 aliphatic heterocycles. The van der Waals surface area contributed by atoms with E-state index in [1.807, 2.05) is 0 Å². The summed E-state index contributed by atoms with van der Waals surface area (Å²) in [5.74, 6) is 0. The fraction of sp³-hybridized carbons (Fsp3) is 0.667. The van der Waals surface area contributed by atoms with Gasteiger partial charge in [-0.1, -0.05) is 55.6 Å². The molecule has 0 spiro atoms. The first-order chi connectivity index (χ1) is 6.79. The minimum absolute atomic E-state index is 1.12. The summed E-state index contributed by atoms with van der Waals surface area (Å²) < 4.78 is 3.04. The van der Waals surface area contributed by atoms with Gasteiger partial charge in [0, 0.05) is 0 Å². The lowest BCUT2D eigenvalue weighted by Crippen LogP contribution is -2.21. The van der Waals surface area contributed by atoms with Crippen LogP contribution in [-0.2, 0) is 0 Å². The molecule has 0 aliphatic rings. The topological polar surface area (TPSA) is 0 Å². The Balaban J connectivity index is 4.99. The Hall–Kier alpha value is 1.16. The average Bonchev–Trinajstić information content (AvgIpc) is 2.09. The van der Waals surface area contributed by atoms with Crippen molar-refractivity contribution in [2.45, 2.75) is 52.8 Å². The van der Waals surface area contributed by atoms with Crippen molar-refractivity contribution in [3.63, 3.8) is 0 Å². The predicted octanol–water partition coefficient (Wildman–Crippen LogP) is 6.08. The second-order valence-electron chi connectivity index (χ2n) is 4.92. The highest BCUT2D eigenvalue weighted by Gasteiger charge is 2.19. The Bertz CT molecular complexity index is 255. The summed E-state index contributed by atoms with van der Waals surface area (Å²) in [5, 5.41) is 0. The highest BCUT2D eigenvalue weighted by molar-refractivity contribution is 14.1. The van der Waals surface area contributed by atoms with Crippen LogP contribution in [0.2, 0.25) is 19.6 Å². The molecule has 3 heteroatoms. The molecule has 0 unspecified atom stereocenters. The van der Waals surface area contributed by atoms with E-state index in [-0.39, 0.29) is 0 Å². The maximum atomic E-state index is 2.58. The van der Waals surface area contributed by atoms with E-state index < -0.39 is 8.07 Å². The zero-order valence-corrected chi connectivity index (χ0v) is 15.8. The number of rotatable bonds is 5. The van der Waals surface area contributed by atoms with Crippen LogP contribution in [0.5, 0.6) is 0 Å². The van der Waals surface area contributed by atoms with Gasteiger partial charge in [0.15, 0.2) is 0 Å². The van der Waals surface area contributed by atoms with Crippen LogP contribution in [-0.4, -0.2) is 8.07 Å². The first-order valence-corrected chi connectivity index (χ1v) is 11.2. The Labute approximate surface area is 123 Å². The highest BCUT2D eigenvalue weighted by Crippen LogP contribution is 2.29. The second-order valence-corrected chi connectivity index (χ2v) is 13.7. The fourth-order valence-corrected chi connectivity index (χ4v) is 3.30. The molecule has 0 fully saturated rings. The third-order valence-electron chi connectivity index (χ3n) is 2.11. The molecular formula is C12H22I2Si. The zero-order chi connectivity index (χ0) is 12.1. The Morgan fingerprint density at radius 1 is 1.20 bits per heavy atom. The summed E-state index contributed by atoms with van der Waals surface area (Å²) in [5.41, 5.74) is 1.59. The monoisotopic (exact) mass is 448 g/mol. The van der Waals surface area contributed by atoms with E-state index in [4.69, 9.17) is 0 Å². The van der Waals surface area contributed by atoms with E-state index in [1.165, 1.54) is 22.8 Å². The average molecular weight is 448 g/mol. The van der Waals surface area contributed by atoms with Crippen LogP contribution in [0.4, 0.5) is 0 Å². The van der Waals surface area contributed by atoms with Crippen molar-refractivity contribution >= 4 is 53.3 Å². The molecule has 0 aromatic heterocycles. The third kappa shape index (κ3) is 7.15. The molecule has 0 bridgehead atoms. The van der Waals surface area contributed by atoms with Crippen LogP contribution in [0, 0.1) is 0 Å². The first kappa shape index (κ1) is 16.2. The van der Waals surface area contributed by atoms with Gasteiger partial charge in [-0.2, -0.15) is 0 Å². The molecule has 0 radical (unpaired) electrons. The Kier molecular flexibility index (Phi) is 8.05. The number of halogens is 2. The van der Waals surface area contributed by atoms with E-state index in [2.05, 4.69) is 84.7 Å². The maximum Gasteiger partial charge on any atom is 0.0858 e. The molecule has 0 saturated heterocycles. The van der Waals surface area contributed by atoms with Crippen molar-refractivity contribution in [3.05, 3.63) is 18.4 Å². The molecule has 0 atom stereocenters. The number of hydrogen-bond donors (Lipinski definition) is 0. The van der Waals surface area contributed by atoms with Gasteiger partial charge in [0.1, 0.15) is 0 Å². The SMILES string of the molecule is CCCCC(/C=C(/C)I)=C(/I)[Si](C)(C)C. The molecule has 0 heterocycles. The van der Waals surface area contributed by atoms with Crippen LogP contribution < -0.4 is 0 Å². The van der Waals surface area contributed by atoms with Crippen LogP contribution >= 0.6 is 45.2 Å². The molecular weight excluding hydrogens is 426 g/mol. The lowest BCUT2D eigenvalue weighted by Gasteiger charge is -2.19. The van der Waals surface area contributed by atoms with Crippen molar-refractivity contribution in [2.24, 2.45) is 0 Å². The highest BCUT2D eigenvalue weighted by atomic mass is 127. The Morgan fingerprint density at radius 2 is 1.73 bits per heavy atom. The zero-order valence-electron chi connectivity index (χ0n) is 10.5. The van der Waals surface area contributed by atoms with Gasteiger partial charge in [0.2, 0.25) is 0 Å². The molecule has 88 valence electrons. The van der Waals surface area contributed by atoms with E-state index in [0.717, 1.165) is 0 Å². The fourth-order valence-electron chi connectivity index (χ4n) is 1.33. The van der Waals surface area contributed by atoms with E-state index >= 15 is 0 Å². The van der Waals surface area contributed by atoms with E-state index in [0.29, 0.717) is 0 Å². The summed E-state index contributed by atoms with van der Waals surface area (Å²) >= 11 is 4.99. The lowest BCUT2D eigenvalue weighted by molar-refractivity contribution is 0.798. The van der Waals surface area contributed by atoms with Gasteiger partial charge >= 0.3 is 0 Å². The molecule has 0 rings (SSSR count). The number of unbranched alkanes of at least 4 members (excludes halogenated alkanes) is 1. The summed E-state index contributed by atoms with van der Waals surface area (Å²) in [6, 6.07) is 0. The lowest BCUT2D eigenvalue weighted by atomic mass is 10.1. The normalized spacial score (nSPS) is 15.3. The van der Waals surface area contributed by atoms with E-state index in [9.17, 15) is 0 Å². The van der Waals surface area contributed by atoms with Crippen LogP contribution in [0.15, 0.2) is 18.4 Å². The smallest absolute Gasteiger partial charge is 0.0654 e. The minimum atomic E-state index is -1.12. The Morgan fingerprint density at radius 3 is 2.07 bits per heavy atom. The van der Waals surface area contributed by atoms with E-state index in [1.54, 1.807) is 8.78 Å². The van der Waals surface area contributed by atoms with Crippen molar-refractivity contribution in [2.75, 3.05) is 0 Å². The van der Waals surface area contributed by atoms with Crippen LogP contribution in [0.25, 0.3) is 0 Å². The summed E-state index contributed by atoms with van der Waals surface area (Å²) in [4.78, 5) is 0. The molecule has 0 N–H and O–H groups in total. The summed E-state index contributed by atoms with van der Waals surface area (Å²) in [7, 11) is -1.12. The van der Waals surface area contributed by atoms with Gasteiger partial charge in [-0.25, -0.2) is 0 Å². The van der Waals surface area contributed by atoms with Gasteiger partial charge in [-0.3, -0.25) is 0 Å². The van der Waals surface area contributed by atoms with Gasteiger partial charge in [-0.05, 0) is 60.8 Å². The minimum Gasteiger partial charge on any atom is -0.0654 e. The molecule has 0 aliphatic carbocycles. The molecule has 0 saturated carbocycles. The van der Waals surface area contributed by atoms with Gasteiger partial charge in [-0.15, -0.1) is 0 Å². The molecule has 0 nitrogen and oxygen atoms in total. The number of hydrogen-bond acceptors (Lipinski definition) is 0. The quantitative estimate of drug-likeness (QED) is 0.272. The van der Waals surface area contributed by atoms with Crippen molar-refractivity contribution in [3.8, 4) is 0 Å². The third-order valence-corrected chi connectivity index (χ3v) is 9.61. The van der Waals surface area contributed by atoms with Crippen molar-refractivity contribution in [1.29, 1.82) is 0 Å². The van der Waals surface area contributed by atoms with Crippen molar-refractivity contribution < 1.29 is 0 Å². The maximum absolute atomic E-state index is 2.58. The molecule has 0 amide bonds. The van der Waals surface area contributed by atoms with Crippen LogP contribution in [0.3, 0.4) is 0 Å². The largest absolute Gasteiger partial charge is 0.0858 e. The first-order valence-electron chi connectivity index (χ1n) is 5.52. The standard InChI is InChI=1S/C12H22I2Si/c1-6-7-8-11(9-10(2)13)12(14)15(3,4)5/h9H,6-8H2,1-5H3/b10-9-,12-11+.